The van der Waals surface area contributed by atoms with Crippen LogP contribution in [0.3, 0.4) is 0 Å². The lowest BCUT2D eigenvalue weighted by molar-refractivity contribution is -0.00529. The zero-order valence-electron chi connectivity index (χ0n) is 46.4. The number of nitrogens with two attached hydrogens (primary N) is 2. The molecule has 4 saturated carbocycles. The van der Waals surface area contributed by atoms with E-state index in [1.165, 1.54) is 75.5 Å². The van der Waals surface area contributed by atoms with Gasteiger partial charge in [0, 0.05) is 96.8 Å². The van der Waals surface area contributed by atoms with Gasteiger partial charge in [-0.2, -0.15) is 0 Å². The molecule has 1 saturated heterocycles. The van der Waals surface area contributed by atoms with Crippen LogP contribution in [0.5, 0.6) is 11.5 Å². The molecule has 0 amide bonds. The standard InChI is InChI=1S/C62H91N7O6S2/c1-36(71)30-67-50(31-65-3)57-44-29-49(68-58(44)45-17-23-62(57)20-7-8-56(62)61(45)18-5-6-19-61)53(73)33-74-55-25-38(10-13-52(55)72)9-12-43-26-42(32-70)54(75-43)14-11-39-15-21-60-22-16-40-27-46(60)41(24-39)28-48(63)47(60)34-76-77-35-51(37(40)2)69-59(64)66-4/h10,13,16-17,22-23,25-26,29,36-37,39-41,45-48,50-51,53,56-57,65,67-68,70-73H,5-9,11-12,14-15,18-21,24,27-28,30-35,63H2,1-4H3,(H3,64,66,69)/t36-,37+,39+,40+,41+,45+,46-,47-,48+,50-,51+,53-,56+,57+,60-,62+/m0/s1. The Balaban J connectivity index is 0.743. The first-order chi connectivity index (χ1) is 37.3. The number of furan rings is 1. The normalized spacial score (nSPS) is 35.2. The molecule has 16 atom stereocenters. The summed E-state index contributed by atoms with van der Waals surface area (Å²) in [5.41, 5.74) is 18.9. The van der Waals surface area contributed by atoms with Crippen molar-refractivity contribution in [1.29, 1.82) is 0 Å². The van der Waals surface area contributed by atoms with Gasteiger partial charge in [-0.25, -0.2) is 0 Å². The van der Waals surface area contributed by atoms with Crippen LogP contribution in [-0.2, 0) is 25.9 Å². The molecule has 2 aromatic heterocycles. The molecule has 2 aliphatic heterocycles. The van der Waals surface area contributed by atoms with Crippen LogP contribution in [0, 0.1) is 57.7 Å². The van der Waals surface area contributed by atoms with E-state index >= 15 is 0 Å². The Bertz CT molecular complexity index is 2610. The molecule has 77 heavy (non-hydrogen) atoms. The fourth-order valence-corrected chi connectivity index (χ4v) is 20.7. The molecule has 1 aromatic carbocycles. The number of aliphatic hydroxyl groups excluding tert-OH is 3. The van der Waals surface area contributed by atoms with Crippen molar-refractivity contribution in [2.75, 3.05) is 45.3 Å². The second-order valence-electron chi connectivity index (χ2n) is 25.5. The third kappa shape index (κ3) is 10.5. The summed E-state index contributed by atoms with van der Waals surface area (Å²) in [7, 11) is 7.73. The summed E-state index contributed by atoms with van der Waals surface area (Å²) in [6.07, 6.45) is 26.6. The monoisotopic (exact) mass is 1090 g/mol. The Morgan fingerprint density at radius 1 is 0.948 bits per heavy atom. The van der Waals surface area contributed by atoms with Crippen LogP contribution in [0.25, 0.3) is 0 Å². The molecule has 5 fully saturated rings. The van der Waals surface area contributed by atoms with Gasteiger partial charge in [-0.3, -0.25) is 4.99 Å². The maximum atomic E-state index is 12.0. The minimum Gasteiger partial charge on any atom is -0.504 e. The van der Waals surface area contributed by atoms with Crippen molar-refractivity contribution >= 4 is 27.5 Å². The predicted octanol–water partition coefficient (Wildman–Crippen LogP) is 9.17. The van der Waals surface area contributed by atoms with Gasteiger partial charge in [0.05, 0.1) is 12.7 Å². The molecule has 8 aliphatic carbocycles. The van der Waals surface area contributed by atoms with Crippen LogP contribution >= 0.6 is 21.6 Å². The predicted molar refractivity (Wildman–Crippen MR) is 311 cm³/mol. The molecule has 3 spiro atoms. The molecule has 15 heteroatoms. The van der Waals surface area contributed by atoms with E-state index in [1.807, 2.05) is 53.8 Å². The Labute approximate surface area is 466 Å². The van der Waals surface area contributed by atoms with E-state index in [0.717, 1.165) is 72.1 Å². The van der Waals surface area contributed by atoms with Crippen molar-refractivity contribution in [2.24, 2.45) is 74.1 Å². The number of nitrogens with zero attached hydrogens (tertiary/aromatic N) is 1. The number of allylic oxidation sites excluding steroid dienone is 4. The van der Waals surface area contributed by atoms with Crippen molar-refractivity contribution in [3.63, 3.8) is 0 Å². The average Bonchev–Trinajstić information content (AvgIpc) is 3.54. The zero-order valence-corrected chi connectivity index (χ0v) is 48.0. The second kappa shape index (κ2) is 23.2. The molecule has 4 heterocycles. The number of aliphatic imine (C=N–C) groups is 1. The molecule has 10 aliphatic rings. The molecule has 422 valence electrons. The molecule has 13 nitrogen and oxygen atoms in total. The first-order valence-electron chi connectivity index (χ1n) is 29.8. The number of nitrogens with one attached hydrogen (secondary N) is 4. The number of hydrogen-bond acceptors (Lipinski definition) is 12. The number of H-pyrrole nitrogens is 1. The number of phenols is 1. The quantitative estimate of drug-likeness (QED) is 0.0249. The SMILES string of the molecule is CN=C(N)N[C@@H]1CSSC[C@H]2[C@H](N)C[C@H]3C[C@H](CCc4oc(CCc5ccc(O)c(OC[C@H](O)c6cc7c([nH]6)[C@H]6C=C[C@@]8(CCC[C@@H]8C68CCCC8)[C@H]7[C@H](CNC)NC[C@H](C)O)c5)cc4CO)CC[C@@]24C=C[C@H](C[C@@H]34)[C@H]1C. The Morgan fingerprint density at radius 3 is 2.56 bits per heavy atom. The second-order valence-corrected chi connectivity index (χ2v) is 28.0. The highest BCUT2D eigenvalue weighted by Gasteiger charge is 2.65. The van der Waals surface area contributed by atoms with Gasteiger partial charge in [0.2, 0.25) is 0 Å². The number of likely N-dealkylation sites (N-methyl/N-ethyl adjacent to an activating group) is 1. The highest BCUT2D eigenvalue weighted by molar-refractivity contribution is 8.76. The Hall–Kier alpha value is -3.41. The van der Waals surface area contributed by atoms with E-state index in [2.05, 4.69) is 63.2 Å². The van der Waals surface area contributed by atoms with E-state index in [-0.39, 0.29) is 65.2 Å². The first-order valence-corrected chi connectivity index (χ1v) is 32.3. The smallest absolute Gasteiger partial charge is 0.188 e. The Kier molecular flexibility index (Phi) is 16.7. The van der Waals surface area contributed by atoms with Crippen LogP contribution < -0.4 is 32.2 Å². The summed E-state index contributed by atoms with van der Waals surface area (Å²) < 4.78 is 12.9. The van der Waals surface area contributed by atoms with E-state index < -0.39 is 12.2 Å². The van der Waals surface area contributed by atoms with Crippen molar-refractivity contribution in [3.8, 4) is 11.5 Å². The molecule has 13 rings (SSSR count). The lowest BCUT2D eigenvalue weighted by Gasteiger charge is -2.56. The highest BCUT2D eigenvalue weighted by Crippen LogP contribution is 2.73. The number of phenolic OH excluding ortho intramolecular Hbond substituents is 1. The summed E-state index contributed by atoms with van der Waals surface area (Å²) in [4.78, 5) is 8.07. The topological polar surface area (TPSA) is 220 Å². The van der Waals surface area contributed by atoms with Crippen LogP contribution in [-0.4, -0.2) is 101 Å². The zero-order chi connectivity index (χ0) is 53.6. The number of ether oxygens (including phenoxy) is 1. The summed E-state index contributed by atoms with van der Waals surface area (Å²) in [5.74, 6) is 8.90. The molecule has 0 unspecified atom stereocenters. The maximum absolute atomic E-state index is 12.0. The van der Waals surface area contributed by atoms with E-state index in [1.54, 1.807) is 13.1 Å². The van der Waals surface area contributed by atoms with Gasteiger partial charge in [-0.05, 0) is 172 Å². The lowest BCUT2D eigenvalue weighted by atomic mass is 9.50. The minimum absolute atomic E-state index is 0.00546. The average molecular weight is 1090 g/mol. The van der Waals surface area contributed by atoms with Gasteiger partial charge >= 0.3 is 0 Å². The molecular weight excluding hydrogens is 1000 g/mol. The molecule has 7 bridgehead atoms. The number of aromatic amines is 1. The number of rotatable bonds is 18. The van der Waals surface area contributed by atoms with Crippen LogP contribution in [0.15, 0.2) is 64.0 Å². The summed E-state index contributed by atoms with van der Waals surface area (Å²) in [6, 6.07) is 10.3. The summed E-state index contributed by atoms with van der Waals surface area (Å²) in [5, 5.41) is 54.9. The number of fused-ring (bicyclic) bond motifs is 5. The number of aliphatic hydroxyl groups is 3. The largest absolute Gasteiger partial charge is 0.504 e. The number of aromatic nitrogens is 1. The fourth-order valence-electron chi connectivity index (χ4n) is 17.8. The van der Waals surface area contributed by atoms with Crippen molar-refractivity contribution in [2.45, 2.75) is 165 Å². The number of hydrogen-bond donors (Lipinski definition) is 10. The molecule has 12 N–H and O–H groups in total. The van der Waals surface area contributed by atoms with Crippen molar-refractivity contribution < 1.29 is 29.6 Å². The van der Waals surface area contributed by atoms with Gasteiger partial charge in [-0.15, -0.1) is 0 Å². The third-order valence-corrected chi connectivity index (χ3v) is 23.9. The number of aromatic hydroxyl groups is 1. The number of aryl methyl sites for hydroxylation is 3. The summed E-state index contributed by atoms with van der Waals surface area (Å²) >= 11 is 0. The van der Waals surface area contributed by atoms with Crippen LogP contribution in [0.1, 0.15) is 155 Å². The van der Waals surface area contributed by atoms with E-state index in [0.29, 0.717) is 72.5 Å². The molecule has 3 aromatic rings. The Morgan fingerprint density at radius 2 is 1.77 bits per heavy atom. The van der Waals surface area contributed by atoms with Crippen molar-refractivity contribution in [3.05, 3.63) is 94.2 Å². The maximum Gasteiger partial charge on any atom is 0.188 e. The van der Waals surface area contributed by atoms with Gasteiger partial charge in [0.25, 0.3) is 0 Å². The van der Waals surface area contributed by atoms with Gasteiger partial charge in [0.1, 0.15) is 24.2 Å². The summed E-state index contributed by atoms with van der Waals surface area (Å²) in [6.45, 7) is 5.46. The fraction of sp³-hybridized carbons (Fsp3) is 0.694. The molecular formula is C62H91N7O6S2. The van der Waals surface area contributed by atoms with Gasteiger partial charge in [-0.1, -0.05) is 78.1 Å². The molecule has 0 radical (unpaired) electrons. The van der Waals surface area contributed by atoms with Crippen LogP contribution in [0.2, 0.25) is 0 Å². The lowest BCUT2D eigenvalue weighted by Crippen LogP contribution is -2.56. The number of benzene rings is 1. The third-order valence-electron chi connectivity index (χ3n) is 21.5. The minimum atomic E-state index is -0.939. The highest BCUT2D eigenvalue weighted by atomic mass is 33.1. The van der Waals surface area contributed by atoms with Gasteiger partial charge < -0.3 is 62.0 Å². The number of guanidine groups is 1. The van der Waals surface area contributed by atoms with Crippen molar-refractivity contribution in [1.82, 2.24) is 20.9 Å². The van der Waals surface area contributed by atoms with E-state index in [9.17, 15) is 20.4 Å². The first kappa shape index (κ1) is 55.5. The van der Waals surface area contributed by atoms with Crippen LogP contribution in [0.4, 0.5) is 0 Å². The van der Waals surface area contributed by atoms with Gasteiger partial charge in [0.15, 0.2) is 17.5 Å². The van der Waals surface area contributed by atoms with E-state index in [4.69, 9.17) is 20.6 Å².